The Balaban J connectivity index is 3.13. The van der Waals surface area contributed by atoms with Gasteiger partial charge in [-0.05, 0) is 43.9 Å². The highest BCUT2D eigenvalue weighted by Crippen LogP contribution is 2.25. The molecule has 1 aromatic carbocycles. The Morgan fingerprint density at radius 1 is 1.37 bits per heavy atom. The van der Waals surface area contributed by atoms with Crippen LogP contribution in [0.4, 0.5) is 5.69 Å². The number of aryl methyl sites for hydroxylation is 1. The van der Waals surface area contributed by atoms with Crippen molar-refractivity contribution in [2.45, 2.75) is 40.2 Å². The Hall–Kier alpha value is -1.71. The lowest BCUT2D eigenvalue weighted by Gasteiger charge is -2.30. The van der Waals surface area contributed by atoms with Gasteiger partial charge in [-0.15, -0.1) is 0 Å². The molecule has 1 rings (SSSR count). The number of nitrogens with two attached hydrogens (primary N) is 1. The molecule has 0 bridgehead atoms. The summed E-state index contributed by atoms with van der Waals surface area (Å²) in [5.74, 6) is 0.785. The second-order valence-electron chi connectivity index (χ2n) is 5.60. The van der Waals surface area contributed by atoms with Crippen LogP contribution >= 0.6 is 0 Å². The van der Waals surface area contributed by atoms with E-state index in [0.717, 1.165) is 23.2 Å². The third kappa shape index (κ3) is 3.88. The zero-order chi connectivity index (χ0) is 14.6. The van der Waals surface area contributed by atoms with Crippen LogP contribution in [0.1, 0.15) is 38.3 Å². The summed E-state index contributed by atoms with van der Waals surface area (Å²) in [6, 6.07) is 6.34. The maximum absolute atomic E-state index is 8.89. The number of benzene rings is 1. The van der Waals surface area contributed by atoms with Gasteiger partial charge in [0.05, 0.1) is 0 Å². The lowest BCUT2D eigenvalue weighted by atomic mass is 10.0. The van der Waals surface area contributed by atoms with E-state index in [4.69, 9.17) is 10.9 Å². The first-order valence-electron chi connectivity index (χ1n) is 6.68. The van der Waals surface area contributed by atoms with Gasteiger partial charge in [-0.25, -0.2) is 0 Å². The van der Waals surface area contributed by atoms with Crippen molar-refractivity contribution >= 4 is 11.5 Å². The molecule has 0 amide bonds. The van der Waals surface area contributed by atoms with Gasteiger partial charge < -0.3 is 15.8 Å². The molecule has 0 radical (unpaired) electrons. The SMILES string of the molecule is Cc1ccc(C(N)=NO)c(N(C)C(C)CC(C)C)c1. The van der Waals surface area contributed by atoms with Gasteiger partial charge in [0.25, 0.3) is 0 Å². The molecule has 4 nitrogen and oxygen atoms in total. The quantitative estimate of drug-likeness (QED) is 0.371. The van der Waals surface area contributed by atoms with Gasteiger partial charge in [0.1, 0.15) is 0 Å². The molecule has 1 aromatic rings. The molecule has 1 unspecified atom stereocenters. The molecule has 0 aromatic heterocycles. The fourth-order valence-corrected chi connectivity index (χ4v) is 2.28. The molecule has 4 heteroatoms. The molecule has 3 N–H and O–H groups in total. The van der Waals surface area contributed by atoms with Crippen LogP contribution in [-0.2, 0) is 0 Å². The molecule has 0 fully saturated rings. The van der Waals surface area contributed by atoms with Gasteiger partial charge in [0.2, 0.25) is 0 Å². The Labute approximate surface area is 115 Å². The van der Waals surface area contributed by atoms with Crippen molar-refractivity contribution in [1.82, 2.24) is 0 Å². The summed E-state index contributed by atoms with van der Waals surface area (Å²) in [4.78, 5) is 2.19. The second-order valence-corrected chi connectivity index (χ2v) is 5.60. The number of nitrogens with zero attached hydrogens (tertiary/aromatic N) is 2. The number of rotatable bonds is 5. The van der Waals surface area contributed by atoms with E-state index in [1.54, 1.807) is 0 Å². The van der Waals surface area contributed by atoms with Crippen LogP contribution < -0.4 is 10.6 Å². The zero-order valence-electron chi connectivity index (χ0n) is 12.5. The van der Waals surface area contributed by atoms with Crippen LogP contribution in [0.15, 0.2) is 23.4 Å². The van der Waals surface area contributed by atoms with E-state index in [1.807, 2.05) is 19.1 Å². The van der Waals surface area contributed by atoms with Gasteiger partial charge in [0.15, 0.2) is 5.84 Å². The van der Waals surface area contributed by atoms with E-state index in [2.05, 4.69) is 43.9 Å². The third-order valence-corrected chi connectivity index (χ3v) is 3.39. The average Bonchev–Trinajstić information content (AvgIpc) is 2.36. The van der Waals surface area contributed by atoms with Gasteiger partial charge in [-0.1, -0.05) is 25.1 Å². The largest absolute Gasteiger partial charge is 0.409 e. The molecule has 0 saturated carbocycles. The second kappa shape index (κ2) is 6.45. The number of oxime groups is 1. The minimum Gasteiger partial charge on any atom is -0.409 e. The van der Waals surface area contributed by atoms with Crippen LogP contribution in [0, 0.1) is 12.8 Å². The van der Waals surface area contributed by atoms with Crippen molar-refractivity contribution < 1.29 is 5.21 Å². The van der Waals surface area contributed by atoms with E-state index < -0.39 is 0 Å². The van der Waals surface area contributed by atoms with Crippen LogP contribution in [0.5, 0.6) is 0 Å². The molecule has 0 saturated heterocycles. The van der Waals surface area contributed by atoms with Crippen LogP contribution in [0.2, 0.25) is 0 Å². The topological polar surface area (TPSA) is 61.9 Å². The van der Waals surface area contributed by atoms with Crippen molar-refractivity contribution in [3.8, 4) is 0 Å². The maximum Gasteiger partial charge on any atom is 0.172 e. The van der Waals surface area contributed by atoms with Crippen molar-refractivity contribution in [2.24, 2.45) is 16.8 Å². The summed E-state index contributed by atoms with van der Waals surface area (Å²) in [6.07, 6.45) is 1.10. The van der Waals surface area contributed by atoms with E-state index >= 15 is 0 Å². The molecule has 0 heterocycles. The number of amidine groups is 1. The van der Waals surface area contributed by atoms with Gasteiger partial charge in [-0.2, -0.15) is 0 Å². The number of anilines is 1. The lowest BCUT2D eigenvalue weighted by Crippen LogP contribution is -2.32. The summed E-state index contributed by atoms with van der Waals surface area (Å²) in [5.41, 5.74) is 8.69. The predicted octanol–water partition coefficient (Wildman–Crippen LogP) is 2.96. The van der Waals surface area contributed by atoms with E-state index in [1.165, 1.54) is 0 Å². The summed E-state index contributed by atoms with van der Waals surface area (Å²) in [5, 5.41) is 12.0. The monoisotopic (exact) mass is 263 g/mol. The molecule has 1 atom stereocenters. The Morgan fingerprint density at radius 2 is 2.00 bits per heavy atom. The maximum atomic E-state index is 8.89. The fourth-order valence-electron chi connectivity index (χ4n) is 2.28. The fraction of sp³-hybridized carbons (Fsp3) is 0.533. The highest BCUT2D eigenvalue weighted by Gasteiger charge is 2.16. The smallest absolute Gasteiger partial charge is 0.172 e. The first kappa shape index (κ1) is 15.3. The van der Waals surface area contributed by atoms with E-state index in [-0.39, 0.29) is 5.84 Å². The van der Waals surface area contributed by atoms with Crippen LogP contribution in [0.3, 0.4) is 0 Å². The molecule has 0 spiro atoms. The molecular weight excluding hydrogens is 238 g/mol. The first-order valence-corrected chi connectivity index (χ1v) is 6.68. The Bertz CT molecular complexity index is 455. The summed E-state index contributed by atoms with van der Waals surface area (Å²) in [7, 11) is 2.05. The average molecular weight is 263 g/mol. The van der Waals surface area contributed by atoms with E-state index in [0.29, 0.717) is 12.0 Å². The van der Waals surface area contributed by atoms with Crippen LogP contribution in [0.25, 0.3) is 0 Å². The molecule has 0 aliphatic heterocycles. The van der Waals surface area contributed by atoms with Gasteiger partial charge in [-0.3, -0.25) is 0 Å². The summed E-state index contributed by atoms with van der Waals surface area (Å²) in [6.45, 7) is 8.66. The number of hydrogen-bond acceptors (Lipinski definition) is 3. The van der Waals surface area contributed by atoms with Crippen LogP contribution in [-0.4, -0.2) is 24.1 Å². The molecule has 19 heavy (non-hydrogen) atoms. The number of hydrogen-bond donors (Lipinski definition) is 2. The third-order valence-electron chi connectivity index (χ3n) is 3.39. The van der Waals surface area contributed by atoms with Gasteiger partial charge >= 0.3 is 0 Å². The van der Waals surface area contributed by atoms with E-state index in [9.17, 15) is 0 Å². The van der Waals surface area contributed by atoms with Crippen molar-refractivity contribution in [3.05, 3.63) is 29.3 Å². The molecular formula is C15H25N3O. The molecule has 0 aliphatic carbocycles. The lowest BCUT2D eigenvalue weighted by molar-refractivity contribution is 0.318. The normalized spacial score (nSPS) is 13.7. The zero-order valence-corrected chi connectivity index (χ0v) is 12.5. The van der Waals surface area contributed by atoms with Crippen molar-refractivity contribution in [1.29, 1.82) is 0 Å². The minimum atomic E-state index is 0.151. The highest BCUT2D eigenvalue weighted by atomic mass is 16.4. The summed E-state index contributed by atoms with van der Waals surface area (Å²) < 4.78 is 0. The predicted molar refractivity (Wildman–Crippen MR) is 81.0 cm³/mol. The van der Waals surface area contributed by atoms with Crippen molar-refractivity contribution in [3.63, 3.8) is 0 Å². The highest BCUT2D eigenvalue weighted by molar-refractivity contribution is 6.02. The first-order chi connectivity index (χ1) is 8.86. The van der Waals surface area contributed by atoms with Gasteiger partial charge in [0, 0.05) is 24.3 Å². The van der Waals surface area contributed by atoms with Crippen molar-refractivity contribution in [2.75, 3.05) is 11.9 Å². The molecule has 0 aliphatic rings. The molecule has 106 valence electrons. The Kier molecular flexibility index (Phi) is 5.21. The summed E-state index contributed by atoms with van der Waals surface area (Å²) >= 11 is 0. The Morgan fingerprint density at radius 3 is 2.53 bits per heavy atom. The standard InChI is InChI=1S/C15H25N3O/c1-10(2)8-12(4)18(5)14-9-11(3)6-7-13(14)15(16)17-19/h6-7,9-10,12,19H,8H2,1-5H3,(H2,16,17). The minimum absolute atomic E-state index is 0.151.